The van der Waals surface area contributed by atoms with Crippen LogP contribution in [0.3, 0.4) is 0 Å². The van der Waals surface area contributed by atoms with Crippen molar-refractivity contribution < 1.29 is 13.5 Å². The molecule has 1 aliphatic carbocycles. The van der Waals surface area contributed by atoms with Crippen LogP contribution in [0.2, 0.25) is 0 Å². The van der Waals surface area contributed by atoms with Crippen molar-refractivity contribution in [2.75, 3.05) is 25.1 Å². The van der Waals surface area contributed by atoms with E-state index in [2.05, 4.69) is 11.8 Å². The van der Waals surface area contributed by atoms with Crippen molar-refractivity contribution in [3.63, 3.8) is 0 Å². The van der Waals surface area contributed by atoms with E-state index in [1.54, 1.807) is 0 Å². The standard InChI is InChI=1S/C13H25NO3S/c1-10-3-4-13(15)11(7-10)8-14(2)12-5-6-18(16,17)9-12/h10-13,15H,3-9H2,1-2H3. The van der Waals surface area contributed by atoms with Crippen molar-refractivity contribution in [2.24, 2.45) is 11.8 Å². The van der Waals surface area contributed by atoms with Gasteiger partial charge in [-0.25, -0.2) is 8.42 Å². The highest BCUT2D eigenvalue weighted by Gasteiger charge is 2.34. The molecule has 0 aromatic heterocycles. The highest BCUT2D eigenvalue weighted by molar-refractivity contribution is 7.91. The van der Waals surface area contributed by atoms with Crippen LogP contribution in [0.15, 0.2) is 0 Å². The molecule has 1 heterocycles. The third-order valence-corrected chi connectivity index (χ3v) is 6.31. The maximum absolute atomic E-state index is 11.5. The average molecular weight is 275 g/mol. The molecule has 4 nitrogen and oxygen atoms in total. The van der Waals surface area contributed by atoms with Gasteiger partial charge in [0.1, 0.15) is 0 Å². The van der Waals surface area contributed by atoms with Crippen LogP contribution in [0.5, 0.6) is 0 Å². The van der Waals surface area contributed by atoms with E-state index in [-0.39, 0.29) is 12.1 Å². The second kappa shape index (κ2) is 5.47. The summed E-state index contributed by atoms with van der Waals surface area (Å²) in [5, 5.41) is 10.0. The van der Waals surface area contributed by atoms with Gasteiger partial charge in [-0.15, -0.1) is 0 Å². The molecule has 0 aromatic carbocycles. The van der Waals surface area contributed by atoms with E-state index >= 15 is 0 Å². The molecular weight excluding hydrogens is 250 g/mol. The monoisotopic (exact) mass is 275 g/mol. The Hall–Kier alpha value is -0.130. The van der Waals surface area contributed by atoms with Gasteiger partial charge in [0.15, 0.2) is 9.84 Å². The summed E-state index contributed by atoms with van der Waals surface area (Å²) in [4.78, 5) is 2.15. The molecule has 106 valence electrons. The number of sulfone groups is 1. The third-order valence-electron chi connectivity index (χ3n) is 4.56. The van der Waals surface area contributed by atoms with Crippen molar-refractivity contribution in [3.05, 3.63) is 0 Å². The molecule has 2 rings (SSSR count). The van der Waals surface area contributed by atoms with Crippen LogP contribution in [0.4, 0.5) is 0 Å². The molecule has 1 aliphatic heterocycles. The van der Waals surface area contributed by atoms with Crippen LogP contribution in [-0.4, -0.2) is 55.7 Å². The van der Waals surface area contributed by atoms with Gasteiger partial charge in [0.05, 0.1) is 17.6 Å². The molecule has 2 aliphatic rings. The molecule has 0 amide bonds. The van der Waals surface area contributed by atoms with Crippen molar-refractivity contribution in [1.29, 1.82) is 0 Å². The second-order valence-corrected chi connectivity index (χ2v) is 8.47. The molecule has 1 saturated carbocycles. The molecule has 18 heavy (non-hydrogen) atoms. The first-order valence-corrected chi connectivity index (χ1v) is 8.78. The minimum Gasteiger partial charge on any atom is -0.393 e. The average Bonchev–Trinajstić information content (AvgIpc) is 2.64. The van der Waals surface area contributed by atoms with E-state index in [1.165, 1.54) is 0 Å². The van der Waals surface area contributed by atoms with Gasteiger partial charge < -0.3 is 10.0 Å². The zero-order valence-electron chi connectivity index (χ0n) is 11.4. The van der Waals surface area contributed by atoms with Crippen molar-refractivity contribution in [1.82, 2.24) is 4.90 Å². The Morgan fingerprint density at radius 1 is 1.28 bits per heavy atom. The molecule has 0 bridgehead atoms. The van der Waals surface area contributed by atoms with E-state index in [4.69, 9.17) is 0 Å². The van der Waals surface area contributed by atoms with Crippen LogP contribution in [0.25, 0.3) is 0 Å². The second-order valence-electron chi connectivity index (χ2n) is 6.24. The Balaban J connectivity index is 1.89. The van der Waals surface area contributed by atoms with Gasteiger partial charge in [-0.05, 0) is 44.6 Å². The van der Waals surface area contributed by atoms with Crippen molar-refractivity contribution in [3.8, 4) is 0 Å². The van der Waals surface area contributed by atoms with Gasteiger partial charge in [0.25, 0.3) is 0 Å². The lowest BCUT2D eigenvalue weighted by Gasteiger charge is -2.35. The summed E-state index contributed by atoms with van der Waals surface area (Å²) in [5.74, 6) is 1.61. The quantitative estimate of drug-likeness (QED) is 0.831. The van der Waals surface area contributed by atoms with E-state index in [1.807, 2.05) is 7.05 Å². The van der Waals surface area contributed by atoms with Gasteiger partial charge in [-0.3, -0.25) is 0 Å². The lowest BCUT2D eigenvalue weighted by Crippen LogP contribution is -2.41. The molecule has 0 spiro atoms. The number of hydrogen-bond donors (Lipinski definition) is 1. The summed E-state index contributed by atoms with van der Waals surface area (Å²) < 4.78 is 23.0. The Morgan fingerprint density at radius 2 is 2.00 bits per heavy atom. The summed E-state index contributed by atoms with van der Waals surface area (Å²) in [5.41, 5.74) is 0. The van der Waals surface area contributed by atoms with Crippen LogP contribution in [0.1, 0.15) is 32.6 Å². The van der Waals surface area contributed by atoms with Gasteiger partial charge in [0, 0.05) is 12.6 Å². The maximum atomic E-state index is 11.5. The first kappa shape index (κ1) is 14.3. The highest BCUT2D eigenvalue weighted by Crippen LogP contribution is 2.30. The van der Waals surface area contributed by atoms with Gasteiger partial charge in [-0.1, -0.05) is 6.92 Å². The van der Waals surface area contributed by atoms with Crippen LogP contribution < -0.4 is 0 Å². The largest absolute Gasteiger partial charge is 0.393 e. The fourth-order valence-corrected chi connectivity index (χ4v) is 5.13. The van der Waals surface area contributed by atoms with Gasteiger partial charge in [0.2, 0.25) is 0 Å². The molecule has 1 N–H and O–H groups in total. The number of rotatable bonds is 3. The highest BCUT2D eigenvalue weighted by atomic mass is 32.2. The molecule has 0 aromatic rings. The number of hydrogen-bond acceptors (Lipinski definition) is 4. The smallest absolute Gasteiger partial charge is 0.151 e. The van der Waals surface area contributed by atoms with Gasteiger partial charge in [-0.2, -0.15) is 0 Å². The Bertz CT molecular complexity index is 382. The maximum Gasteiger partial charge on any atom is 0.151 e. The molecule has 0 radical (unpaired) electrons. The molecule has 2 fully saturated rings. The van der Waals surface area contributed by atoms with E-state index in [0.29, 0.717) is 23.3 Å². The normalized spacial score (nSPS) is 40.2. The van der Waals surface area contributed by atoms with Crippen molar-refractivity contribution >= 4 is 9.84 Å². The number of aliphatic hydroxyl groups excluding tert-OH is 1. The summed E-state index contributed by atoms with van der Waals surface area (Å²) >= 11 is 0. The summed E-state index contributed by atoms with van der Waals surface area (Å²) in [6, 6.07) is 0.152. The first-order chi connectivity index (χ1) is 8.37. The minimum absolute atomic E-state index is 0.152. The lowest BCUT2D eigenvalue weighted by molar-refractivity contribution is 0.0296. The van der Waals surface area contributed by atoms with Crippen LogP contribution in [-0.2, 0) is 9.84 Å². The lowest BCUT2D eigenvalue weighted by atomic mass is 9.80. The molecule has 4 atom stereocenters. The first-order valence-electron chi connectivity index (χ1n) is 6.96. The molecule has 5 heteroatoms. The van der Waals surface area contributed by atoms with Gasteiger partial charge >= 0.3 is 0 Å². The SMILES string of the molecule is CC1CCC(O)C(CN(C)C2CCS(=O)(=O)C2)C1. The van der Waals surface area contributed by atoms with E-state index < -0.39 is 9.84 Å². The molecular formula is C13H25NO3S. The predicted molar refractivity (Wildman–Crippen MR) is 72.2 cm³/mol. The topological polar surface area (TPSA) is 57.6 Å². The molecule has 4 unspecified atom stereocenters. The van der Waals surface area contributed by atoms with Crippen molar-refractivity contribution in [2.45, 2.75) is 44.8 Å². The zero-order valence-corrected chi connectivity index (χ0v) is 12.2. The summed E-state index contributed by atoms with van der Waals surface area (Å²) in [6.45, 7) is 3.06. The Morgan fingerprint density at radius 3 is 2.61 bits per heavy atom. The predicted octanol–water partition coefficient (Wildman–Crippen LogP) is 0.902. The number of aliphatic hydroxyl groups is 1. The van der Waals surface area contributed by atoms with Crippen LogP contribution >= 0.6 is 0 Å². The third kappa shape index (κ3) is 3.45. The van der Waals surface area contributed by atoms with Crippen LogP contribution in [0, 0.1) is 11.8 Å². The Kier molecular flexibility index (Phi) is 4.34. The summed E-state index contributed by atoms with van der Waals surface area (Å²) in [7, 11) is -0.812. The molecule has 1 saturated heterocycles. The fourth-order valence-electron chi connectivity index (χ4n) is 3.32. The summed E-state index contributed by atoms with van der Waals surface area (Å²) in [6.07, 6.45) is 3.60. The Labute approximate surface area is 110 Å². The van der Waals surface area contributed by atoms with E-state index in [0.717, 1.165) is 32.2 Å². The minimum atomic E-state index is -2.81. The number of nitrogens with zero attached hydrogens (tertiary/aromatic N) is 1. The zero-order chi connectivity index (χ0) is 13.3. The van der Waals surface area contributed by atoms with E-state index in [9.17, 15) is 13.5 Å². The fraction of sp³-hybridized carbons (Fsp3) is 1.00.